The topological polar surface area (TPSA) is 69.7 Å². The molecule has 1 saturated heterocycles. The van der Waals surface area contributed by atoms with Gasteiger partial charge in [-0.25, -0.2) is 0 Å². The number of nitrogens with zero attached hydrogens (tertiary/aromatic N) is 2. The first-order valence-electron chi connectivity index (χ1n) is 11.2. The molecule has 172 valence electrons. The lowest BCUT2D eigenvalue weighted by Gasteiger charge is -2.33. The molecule has 0 radical (unpaired) electrons. The molecular formula is C27H25N3O3S. The number of benzene rings is 3. The zero-order chi connectivity index (χ0) is 23.9. The average Bonchev–Trinajstić information content (AvgIpc) is 3.30. The number of carbonyl (C=O) groups is 3. The number of rotatable bonds is 5. The van der Waals surface area contributed by atoms with E-state index in [2.05, 4.69) is 5.32 Å². The lowest BCUT2D eigenvalue weighted by Crippen LogP contribution is -2.51. The summed E-state index contributed by atoms with van der Waals surface area (Å²) in [6.07, 6.45) is 0. The van der Waals surface area contributed by atoms with E-state index in [9.17, 15) is 14.4 Å². The molecule has 0 aromatic heterocycles. The van der Waals surface area contributed by atoms with Gasteiger partial charge in [0.25, 0.3) is 5.91 Å². The van der Waals surface area contributed by atoms with Gasteiger partial charge in [-0.1, -0.05) is 65.7 Å². The van der Waals surface area contributed by atoms with Crippen molar-refractivity contribution >= 4 is 40.9 Å². The predicted molar refractivity (Wildman–Crippen MR) is 135 cm³/mol. The second-order valence-electron chi connectivity index (χ2n) is 8.67. The molecule has 2 aliphatic heterocycles. The quantitative estimate of drug-likeness (QED) is 0.613. The Hall–Kier alpha value is -3.58. The second-order valence-corrected chi connectivity index (χ2v) is 9.84. The van der Waals surface area contributed by atoms with E-state index in [1.807, 2.05) is 86.6 Å². The third-order valence-electron chi connectivity index (χ3n) is 6.27. The maximum atomic E-state index is 14.0. The molecule has 3 amide bonds. The van der Waals surface area contributed by atoms with E-state index in [0.29, 0.717) is 17.9 Å². The third kappa shape index (κ3) is 3.66. The molecule has 0 bridgehead atoms. The molecule has 7 heteroatoms. The molecule has 3 aromatic rings. The number of amides is 3. The molecule has 2 heterocycles. The Balaban J connectivity index is 1.44. The highest BCUT2D eigenvalue weighted by molar-refractivity contribution is 8.02. The highest BCUT2D eigenvalue weighted by Gasteiger charge is 2.61. The number of aryl methyl sites for hydroxylation is 2. The largest absolute Gasteiger partial charge is 0.350 e. The number of hydrogen-bond acceptors (Lipinski definition) is 4. The van der Waals surface area contributed by atoms with E-state index in [0.717, 1.165) is 22.3 Å². The van der Waals surface area contributed by atoms with Crippen molar-refractivity contribution in [3.05, 3.63) is 95.1 Å². The Labute approximate surface area is 202 Å². The maximum absolute atomic E-state index is 14.0. The Bertz CT molecular complexity index is 1270. The van der Waals surface area contributed by atoms with E-state index < -0.39 is 4.87 Å². The number of carbonyl (C=O) groups excluding carboxylic acids is 3. The first kappa shape index (κ1) is 22.2. The zero-order valence-electron chi connectivity index (χ0n) is 19.1. The van der Waals surface area contributed by atoms with Gasteiger partial charge in [-0.15, -0.1) is 11.8 Å². The molecule has 1 atom stereocenters. The predicted octanol–water partition coefficient (Wildman–Crippen LogP) is 3.90. The van der Waals surface area contributed by atoms with Crippen LogP contribution in [0.2, 0.25) is 0 Å². The van der Waals surface area contributed by atoms with Crippen LogP contribution in [0.3, 0.4) is 0 Å². The lowest BCUT2D eigenvalue weighted by atomic mass is 10.0. The Morgan fingerprint density at radius 3 is 2.29 bits per heavy atom. The smallest absolute Gasteiger partial charge is 0.269 e. The fraction of sp³-hybridized carbons (Fsp3) is 0.222. The van der Waals surface area contributed by atoms with E-state index >= 15 is 0 Å². The van der Waals surface area contributed by atoms with Crippen LogP contribution in [-0.4, -0.2) is 30.0 Å². The Morgan fingerprint density at radius 2 is 1.59 bits per heavy atom. The van der Waals surface area contributed by atoms with Gasteiger partial charge >= 0.3 is 0 Å². The number of nitrogens with one attached hydrogen (secondary N) is 1. The fourth-order valence-electron chi connectivity index (χ4n) is 4.51. The molecule has 2 aliphatic rings. The summed E-state index contributed by atoms with van der Waals surface area (Å²) < 4.78 is 0. The summed E-state index contributed by atoms with van der Waals surface area (Å²) in [4.78, 5) is 41.8. The van der Waals surface area contributed by atoms with Gasteiger partial charge in [-0.2, -0.15) is 0 Å². The molecule has 1 spiro atoms. The standard InChI is InChI=1S/C27H25N3O3S/c1-18-7-11-20(12-8-18)15-28-24(31)16-29-23-6-4-3-5-22(23)27(26(29)33)30(25(32)17-34-27)21-13-9-19(2)10-14-21/h3-14H,15-17H2,1-2H3,(H,28,31)/t27-/m1/s1. The minimum absolute atomic E-state index is 0.111. The summed E-state index contributed by atoms with van der Waals surface area (Å²) >= 11 is 1.31. The number of anilines is 2. The average molecular weight is 472 g/mol. The second kappa shape index (κ2) is 8.65. The fourth-order valence-corrected chi connectivity index (χ4v) is 5.87. The van der Waals surface area contributed by atoms with Crippen LogP contribution in [0, 0.1) is 13.8 Å². The van der Waals surface area contributed by atoms with Gasteiger partial charge in [-0.05, 0) is 37.6 Å². The minimum Gasteiger partial charge on any atom is -0.350 e. The van der Waals surface area contributed by atoms with Gasteiger partial charge in [0.15, 0.2) is 0 Å². The van der Waals surface area contributed by atoms with Gasteiger partial charge in [0.05, 0.1) is 11.4 Å². The first-order chi connectivity index (χ1) is 16.4. The summed E-state index contributed by atoms with van der Waals surface area (Å²) in [5, 5.41) is 2.91. The highest BCUT2D eigenvalue weighted by atomic mass is 32.2. The number of para-hydroxylation sites is 1. The van der Waals surface area contributed by atoms with Crippen molar-refractivity contribution in [2.75, 3.05) is 22.1 Å². The van der Waals surface area contributed by atoms with Crippen molar-refractivity contribution in [1.82, 2.24) is 5.32 Å². The van der Waals surface area contributed by atoms with Gasteiger partial charge in [0.1, 0.15) is 6.54 Å². The van der Waals surface area contributed by atoms with Crippen molar-refractivity contribution in [2.24, 2.45) is 0 Å². The van der Waals surface area contributed by atoms with Gasteiger partial charge in [0, 0.05) is 17.8 Å². The molecule has 0 unspecified atom stereocenters. The van der Waals surface area contributed by atoms with Crippen molar-refractivity contribution in [3.63, 3.8) is 0 Å². The van der Waals surface area contributed by atoms with Gasteiger partial charge < -0.3 is 5.32 Å². The van der Waals surface area contributed by atoms with Crippen molar-refractivity contribution in [2.45, 2.75) is 25.3 Å². The van der Waals surface area contributed by atoms with E-state index in [4.69, 9.17) is 0 Å². The summed E-state index contributed by atoms with van der Waals surface area (Å²) in [5.41, 5.74) is 5.30. The number of hydrogen-bond donors (Lipinski definition) is 1. The molecule has 5 rings (SSSR count). The summed E-state index contributed by atoms with van der Waals surface area (Å²) in [6, 6.07) is 23.0. The Kier molecular flexibility index (Phi) is 5.65. The van der Waals surface area contributed by atoms with Crippen LogP contribution in [0.5, 0.6) is 0 Å². The maximum Gasteiger partial charge on any atom is 0.269 e. The zero-order valence-corrected chi connectivity index (χ0v) is 19.9. The molecule has 3 aromatic carbocycles. The van der Waals surface area contributed by atoms with Crippen LogP contribution in [0.15, 0.2) is 72.8 Å². The summed E-state index contributed by atoms with van der Waals surface area (Å²) in [6.45, 7) is 4.27. The van der Waals surface area contributed by atoms with Crippen molar-refractivity contribution in [1.29, 1.82) is 0 Å². The van der Waals surface area contributed by atoms with E-state index in [-0.39, 0.29) is 30.0 Å². The van der Waals surface area contributed by atoms with Crippen molar-refractivity contribution < 1.29 is 14.4 Å². The molecule has 1 N–H and O–H groups in total. The molecular weight excluding hydrogens is 446 g/mol. The number of thioether (sulfide) groups is 1. The SMILES string of the molecule is Cc1ccc(CNC(=O)CN2C(=O)[C@]3(SCC(=O)N3c3ccc(C)cc3)c3ccccc32)cc1. The Morgan fingerprint density at radius 1 is 0.941 bits per heavy atom. The summed E-state index contributed by atoms with van der Waals surface area (Å²) in [7, 11) is 0. The minimum atomic E-state index is -1.21. The lowest BCUT2D eigenvalue weighted by molar-refractivity contribution is -0.125. The molecule has 0 aliphatic carbocycles. The molecule has 0 saturated carbocycles. The molecule has 1 fully saturated rings. The van der Waals surface area contributed by atoms with Crippen LogP contribution < -0.4 is 15.1 Å². The van der Waals surface area contributed by atoms with E-state index in [1.54, 1.807) is 4.90 Å². The highest BCUT2D eigenvalue weighted by Crippen LogP contribution is 2.55. The van der Waals surface area contributed by atoms with Crippen LogP contribution in [0.1, 0.15) is 22.3 Å². The van der Waals surface area contributed by atoms with Crippen LogP contribution >= 0.6 is 11.8 Å². The summed E-state index contributed by atoms with van der Waals surface area (Å²) in [5.74, 6) is -0.447. The van der Waals surface area contributed by atoms with Crippen LogP contribution in [-0.2, 0) is 25.8 Å². The molecule has 34 heavy (non-hydrogen) atoms. The number of fused-ring (bicyclic) bond motifs is 2. The van der Waals surface area contributed by atoms with Gasteiger partial charge in [0.2, 0.25) is 16.7 Å². The third-order valence-corrected chi connectivity index (χ3v) is 7.65. The molecule has 6 nitrogen and oxygen atoms in total. The van der Waals surface area contributed by atoms with Crippen LogP contribution in [0.4, 0.5) is 11.4 Å². The van der Waals surface area contributed by atoms with Crippen LogP contribution in [0.25, 0.3) is 0 Å². The normalized spacial score (nSPS) is 19.1. The van der Waals surface area contributed by atoms with E-state index in [1.165, 1.54) is 16.7 Å². The monoisotopic (exact) mass is 471 g/mol. The van der Waals surface area contributed by atoms with Crippen molar-refractivity contribution in [3.8, 4) is 0 Å². The van der Waals surface area contributed by atoms with Gasteiger partial charge in [-0.3, -0.25) is 24.2 Å². The first-order valence-corrected chi connectivity index (χ1v) is 12.2.